The molecule has 2 fully saturated rings. The van der Waals surface area contributed by atoms with Crippen molar-refractivity contribution in [2.75, 3.05) is 13.1 Å². The zero-order valence-corrected chi connectivity index (χ0v) is 19.3. The fourth-order valence-electron chi connectivity index (χ4n) is 4.97. The second-order valence-corrected chi connectivity index (χ2v) is 10.5. The van der Waals surface area contributed by atoms with Gasteiger partial charge in [0.1, 0.15) is 11.6 Å². The Bertz CT molecular complexity index is 936. The van der Waals surface area contributed by atoms with Crippen molar-refractivity contribution in [2.45, 2.75) is 59.1 Å². The molecule has 1 N–H and O–H groups in total. The normalized spacial score (nSPS) is 22.4. The summed E-state index contributed by atoms with van der Waals surface area (Å²) in [4.78, 5) is 12.9. The minimum Gasteiger partial charge on any atom is -0.490 e. The van der Waals surface area contributed by atoms with Crippen LogP contribution in [0.4, 0.5) is 4.39 Å². The van der Waals surface area contributed by atoms with E-state index in [2.05, 4.69) is 20.8 Å². The number of benzene rings is 2. The highest BCUT2D eigenvalue weighted by molar-refractivity contribution is 5.71. The first-order valence-corrected chi connectivity index (χ1v) is 11.7. The van der Waals surface area contributed by atoms with Crippen molar-refractivity contribution >= 4 is 5.97 Å². The molecule has 5 heteroatoms. The number of carboxylic acids is 1. The summed E-state index contributed by atoms with van der Waals surface area (Å²) >= 11 is 0. The van der Waals surface area contributed by atoms with Crippen LogP contribution in [0.3, 0.4) is 0 Å². The van der Waals surface area contributed by atoms with Crippen molar-refractivity contribution < 1.29 is 19.0 Å². The Kier molecular flexibility index (Phi) is 6.57. The molecular weight excluding hydrogens is 405 g/mol. The van der Waals surface area contributed by atoms with E-state index in [-0.39, 0.29) is 17.8 Å². The van der Waals surface area contributed by atoms with Crippen LogP contribution in [0.25, 0.3) is 11.1 Å². The molecule has 1 saturated carbocycles. The predicted octanol–water partition coefficient (Wildman–Crippen LogP) is 5.99. The summed E-state index contributed by atoms with van der Waals surface area (Å²) in [5.41, 5.74) is 2.34. The molecule has 172 valence electrons. The summed E-state index contributed by atoms with van der Waals surface area (Å²) in [6.07, 6.45) is 4.83. The molecule has 0 aromatic heterocycles. The summed E-state index contributed by atoms with van der Waals surface area (Å²) < 4.78 is 21.4. The van der Waals surface area contributed by atoms with Crippen LogP contribution >= 0.6 is 0 Å². The van der Waals surface area contributed by atoms with Crippen LogP contribution in [-0.4, -0.2) is 35.2 Å². The highest BCUT2D eigenvalue weighted by atomic mass is 19.1. The van der Waals surface area contributed by atoms with E-state index in [1.54, 1.807) is 12.1 Å². The van der Waals surface area contributed by atoms with Crippen LogP contribution in [0.2, 0.25) is 0 Å². The van der Waals surface area contributed by atoms with E-state index in [1.807, 2.05) is 35.2 Å². The van der Waals surface area contributed by atoms with E-state index in [4.69, 9.17) is 9.84 Å². The van der Waals surface area contributed by atoms with Crippen molar-refractivity contribution in [2.24, 2.45) is 17.3 Å². The van der Waals surface area contributed by atoms with E-state index in [0.29, 0.717) is 36.2 Å². The van der Waals surface area contributed by atoms with Crippen LogP contribution in [0.15, 0.2) is 42.5 Å². The Morgan fingerprint density at radius 1 is 1.06 bits per heavy atom. The Balaban J connectivity index is 1.36. The van der Waals surface area contributed by atoms with Gasteiger partial charge in [0, 0.05) is 30.8 Å². The molecule has 1 saturated heterocycles. The van der Waals surface area contributed by atoms with Gasteiger partial charge in [-0.3, -0.25) is 9.69 Å². The number of rotatable bonds is 6. The first kappa shape index (κ1) is 22.8. The van der Waals surface area contributed by atoms with Crippen LogP contribution in [0.5, 0.6) is 5.75 Å². The van der Waals surface area contributed by atoms with Crippen molar-refractivity contribution in [1.82, 2.24) is 4.90 Å². The number of likely N-dealkylation sites (tertiary alicyclic amines) is 1. The van der Waals surface area contributed by atoms with E-state index >= 15 is 4.39 Å². The molecule has 0 bridgehead atoms. The average Bonchev–Trinajstić information content (AvgIpc) is 2.71. The minimum atomic E-state index is -0.778. The van der Waals surface area contributed by atoms with Crippen molar-refractivity contribution in [1.29, 1.82) is 0 Å². The fourth-order valence-corrected chi connectivity index (χ4v) is 4.97. The lowest BCUT2D eigenvalue weighted by Crippen LogP contribution is -2.49. The topological polar surface area (TPSA) is 49.8 Å². The van der Waals surface area contributed by atoms with Crippen LogP contribution in [-0.2, 0) is 11.3 Å². The molecule has 1 heterocycles. The fraction of sp³-hybridized carbons (Fsp3) is 0.519. The summed E-state index contributed by atoms with van der Waals surface area (Å²) in [6, 6.07) is 13.1. The van der Waals surface area contributed by atoms with Crippen molar-refractivity contribution in [3.63, 3.8) is 0 Å². The standard InChI is InChI=1S/C27H34FNO3/c1-27(2,3)21-9-13-23(14-10-21)32-22-11-7-18(8-12-22)24-6-4-5-19(25(24)28)15-29-16-20(17-29)26(30)31/h4-8,11-12,20-21,23H,9-10,13-17H2,1-3H3,(H,30,31). The summed E-state index contributed by atoms with van der Waals surface area (Å²) in [7, 11) is 0. The lowest BCUT2D eigenvalue weighted by Gasteiger charge is -2.37. The second kappa shape index (κ2) is 9.22. The van der Waals surface area contributed by atoms with Gasteiger partial charge in [-0.25, -0.2) is 4.39 Å². The number of aliphatic carboxylic acids is 1. The zero-order chi connectivity index (χ0) is 22.9. The quantitative estimate of drug-likeness (QED) is 0.600. The Hall–Kier alpha value is -2.40. The van der Waals surface area contributed by atoms with Crippen molar-refractivity contribution in [3.05, 3.63) is 53.8 Å². The SMILES string of the molecule is CC(C)(C)C1CCC(Oc2ccc(-c3cccc(CN4CC(C(=O)O)C4)c3F)cc2)CC1. The Labute approximate surface area is 190 Å². The van der Waals surface area contributed by atoms with Gasteiger partial charge in [-0.2, -0.15) is 0 Å². The molecule has 1 aliphatic carbocycles. The minimum absolute atomic E-state index is 0.236. The molecule has 0 unspecified atom stereocenters. The number of nitrogens with zero attached hydrogens (tertiary/aromatic N) is 1. The first-order valence-electron chi connectivity index (χ1n) is 11.7. The van der Waals surface area contributed by atoms with Crippen molar-refractivity contribution in [3.8, 4) is 16.9 Å². The van der Waals surface area contributed by atoms with Crippen LogP contribution in [0.1, 0.15) is 52.0 Å². The molecule has 4 nitrogen and oxygen atoms in total. The molecule has 0 atom stereocenters. The molecule has 1 aliphatic heterocycles. The summed E-state index contributed by atoms with van der Waals surface area (Å²) in [5, 5.41) is 9.02. The summed E-state index contributed by atoms with van der Waals surface area (Å²) in [5.74, 6) is 0.244. The lowest BCUT2D eigenvalue weighted by molar-refractivity contribution is -0.147. The second-order valence-electron chi connectivity index (χ2n) is 10.5. The van der Waals surface area contributed by atoms with Crippen LogP contribution < -0.4 is 4.74 Å². The summed E-state index contributed by atoms with van der Waals surface area (Å²) in [6.45, 7) is 8.35. The Morgan fingerprint density at radius 2 is 1.72 bits per heavy atom. The molecule has 2 aromatic carbocycles. The highest BCUT2D eigenvalue weighted by Crippen LogP contribution is 2.39. The van der Waals surface area contributed by atoms with Gasteiger partial charge >= 0.3 is 5.97 Å². The highest BCUT2D eigenvalue weighted by Gasteiger charge is 2.33. The third-order valence-electron chi connectivity index (χ3n) is 7.15. The molecule has 0 amide bonds. The maximum atomic E-state index is 15.2. The molecule has 32 heavy (non-hydrogen) atoms. The van der Waals surface area contributed by atoms with Gasteiger partial charge in [0.2, 0.25) is 0 Å². The number of halogens is 1. The number of hydrogen-bond acceptors (Lipinski definition) is 3. The van der Waals surface area contributed by atoms with Gasteiger partial charge in [-0.15, -0.1) is 0 Å². The molecule has 0 spiro atoms. The Morgan fingerprint density at radius 3 is 2.31 bits per heavy atom. The lowest BCUT2D eigenvalue weighted by atomic mass is 9.72. The van der Waals surface area contributed by atoms with Gasteiger partial charge in [0.25, 0.3) is 0 Å². The largest absolute Gasteiger partial charge is 0.490 e. The van der Waals surface area contributed by atoms with Gasteiger partial charge in [0.05, 0.1) is 12.0 Å². The molecular formula is C27H34FNO3. The smallest absolute Gasteiger partial charge is 0.309 e. The van der Waals surface area contributed by atoms with E-state index in [0.717, 1.165) is 30.1 Å². The molecule has 0 radical (unpaired) electrons. The van der Waals surface area contributed by atoms with Gasteiger partial charge in [-0.05, 0) is 54.7 Å². The van der Waals surface area contributed by atoms with Crippen LogP contribution in [0, 0.1) is 23.1 Å². The number of hydrogen-bond donors (Lipinski definition) is 1. The van der Waals surface area contributed by atoms with E-state index in [1.165, 1.54) is 12.8 Å². The average molecular weight is 440 g/mol. The zero-order valence-electron chi connectivity index (χ0n) is 19.3. The maximum absolute atomic E-state index is 15.2. The monoisotopic (exact) mass is 439 g/mol. The third-order valence-corrected chi connectivity index (χ3v) is 7.15. The molecule has 2 aliphatic rings. The van der Waals surface area contributed by atoms with Gasteiger partial charge < -0.3 is 9.84 Å². The predicted molar refractivity (Wildman–Crippen MR) is 124 cm³/mol. The number of carbonyl (C=O) groups is 1. The molecule has 2 aromatic rings. The number of ether oxygens (including phenoxy) is 1. The van der Waals surface area contributed by atoms with E-state index in [9.17, 15) is 4.79 Å². The molecule has 4 rings (SSSR count). The third kappa shape index (κ3) is 5.15. The maximum Gasteiger partial charge on any atom is 0.309 e. The van der Waals surface area contributed by atoms with Gasteiger partial charge in [-0.1, -0.05) is 51.1 Å². The number of carboxylic acid groups (broad SMARTS) is 1. The first-order chi connectivity index (χ1) is 15.2. The van der Waals surface area contributed by atoms with Gasteiger partial charge in [0.15, 0.2) is 0 Å². The van der Waals surface area contributed by atoms with E-state index < -0.39 is 5.97 Å².